The summed E-state index contributed by atoms with van der Waals surface area (Å²) in [6.07, 6.45) is 5.72. The predicted molar refractivity (Wildman–Crippen MR) is 63.8 cm³/mol. The zero-order valence-corrected chi connectivity index (χ0v) is 10.2. The van der Waals surface area contributed by atoms with Crippen LogP contribution in [0.3, 0.4) is 0 Å². The summed E-state index contributed by atoms with van der Waals surface area (Å²) >= 11 is 0. The van der Waals surface area contributed by atoms with E-state index in [4.69, 9.17) is 10.8 Å². The molecule has 90 valence electrons. The molecule has 1 rings (SSSR count). The van der Waals surface area contributed by atoms with Crippen LogP contribution in [-0.4, -0.2) is 41.3 Å². The van der Waals surface area contributed by atoms with Gasteiger partial charge in [-0.05, 0) is 39.5 Å². The van der Waals surface area contributed by atoms with Gasteiger partial charge in [0, 0.05) is 31.3 Å². The van der Waals surface area contributed by atoms with E-state index < -0.39 is 0 Å². The maximum atomic E-state index is 8.90. The summed E-state index contributed by atoms with van der Waals surface area (Å²) in [6.45, 7) is 5.77. The van der Waals surface area contributed by atoms with E-state index in [1.807, 2.05) is 0 Å². The zero-order chi connectivity index (χ0) is 11.3. The number of aliphatic hydroxyl groups is 1. The third-order valence-corrected chi connectivity index (χ3v) is 3.39. The second kappa shape index (κ2) is 6.46. The molecule has 15 heavy (non-hydrogen) atoms. The summed E-state index contributed by atoms with van der Waals surface area (Å²) in [5.74, 6) is 0. The Bertz CT molecular complexity index is 173. The van der Waals surface area contributed by atoms with E-state index in [2.05, 4.69) is 18.7 Å². The molecule has 1 aliphatic rings. The van der Waals surface area contributed by atoms with Gasteiger partial charge < -0.3 is 10.8 Å². The van der Waals surface area contributed by atoms with E-state index in [0.29, 0.717) is 24.7 Å². The Hall–Kier alpha value is -0.120. The van der Waals surface area contributed by atoms with Crippen LogP contribution in [0.4, 0.5) is 0 Å². The normalized spacial score (nSPS) is 27.6. The van der Waals surface area contributed by atoms with Gasteiger partial charge in [0.15, 0.2) is 0 Å². The van der Waals surface area contributed by atoms with Gasteiger partial charge >= 0.3 is 0 Å². The van der Waals surface area contributed by atoms with E-state index in [1.54, 1.807) is 0 Å². The van der Waals surface area contributed by atoms with Crippen molar-refractivity contribution in [3.8, 4) is 0 Å². The molecular formula is C12H26N2O. The Balaban J connectivity index is 2.46. The Morgan fingerprint density at radius 3 is 2.67 bits per heavy atom. The fraction of sp³-hybridized carbons (Fsp3) is 1.00. The highest BCUT2D eigenvalue weighted by Crippen LogP contribution is 2.23. The molecule has 2 unspecified atom stereocenters. The summed E-state index contributed by atoms with van der Waals surface area (Å²) in [5, 5.41) is 8.90. The average Bonchev–Trinajstić information content (AvgIpc) is 2.18. The number of aliphatic hydroxyl groups excluding tert-OH is 1. The molecule has 0 aromatic carbocycles. The molecule has 1 fully saturated rings. The maximum absolute atomic E-state index is 8.90. The summed E-state index contributed by atoms with van der Waals surface area (Å²) in [5.41, 5.74) is 6.02. The van der Waals surface area contributed by atoms with Crippen molar-refractivity contribution in [2.75, 3.05) is 13.2 Å². The molecule has 1 saturated carbocycles. The van der Waals surface area contributed by atoms with Crippen molar-refractivity contribution < 1.29 is 5.11 Å². The quantitative estimate of drug-likeness (QED) is 0.726. The third-order valence-electron chi connectivity index (χ3n) is 3.39. The molecule has 0 aliphatic heterocycles. The van der Waals surface area contributed by atoms with E-state index in [-0.39, 0.29) is 0 Å². The van der Waals surface area contributed by atoms with Crippen molar-refractivity contribution in [1.82, 2.24) is 4.90 Å². The molecule has 0 radical (unpaired) electrons. The van der Waals surface area contributed by atoms with Gasteiger partial charge in [0.2, 0.25) is 0 Å². The van der Waals surface area contributed by atoms with Gasteiger partial charge in [-0.2, -0.15) is 0 Å². The Morgan fingerprint density at radius 2 is 2.13 bits per heavy atom. The van der Waals surface area contributed by atoms with Gasteiger partial charge in [0.05, 0.1) is 0 Å². The lowest BCUT2D eigenvalue weighted by molar-refractivity contribution is 0.104. The minimum atomic E-state index is 0.294. The fourth-order valence-corrected chi connectivity index (χ4v) is 2.62. The highest BCUT2D eigenvalue weighted by molar-refractivity contribution is 4.83. The lowest BCUT2D eigenvalue weighted by atomic mass is 9.90. The Labute approximate surface area is 93.6 Å². The topological polar surface area (TPSA) is 49.5 Å². The van der Waals surface area contributed by atoms with Crippen molar-refractivity contribution in [1.29, 1.82) is 0 Å². The van der Waals surface area contributed by atoms with E-state index in [9.17, 15) is 0 Å². The monoisotopic (exact) mass is 214 g/mol. The summed E-state index contributed by atoms with van der Waals surface area (Å²) in [7, 11) is 0. The number of hydrogen-bond donors (Lipinski definition) is 2. The standard InChI is InChI=1S/C12H26N2O/c1-10(2)14(7-4-8-15)12-6-3-5-11(13)9-12/h10-12,15H,3-9,13H2,1-2H3. The van der Waals surface area contributed by atoms with Crippen LogP contribution in [0.25, 0.3) is 0 Å². The van der Waals surface area contributed by atoms with Gasteiger partial charge in [-0.25, -0.2) is 0 Å². The smallest absolute Gasteiger partial charge is 0.0443 e. The lowest BCUT2D eigenvalue weighted by Gasteiger charge is -2.39. The van der Waals surface area contributed by atoms with Crippen LogP contribution in [0.5, 0.6) is 0 Å². The second-order valence-electron chi connectivity index (χ2n) is 4.99. The molecule has 0 amide bonds. The van der Waals surface area contributed by atoms with Crippen molar-refractivity contribution >= 4 is 0 Å². The number of hydrogen-bond acceptors (Lipinski definition) is 3. The molecule has 0 aromatic heterocycles. The number of nitrogens with two attached hydrogens (primary N) is 1. The van der Waals surface area contributed by atoms with Gasteiger partial charge in [0.1, 0.15) is 0 Å². The molecule has 0 heterocycles. The molecule has 2 atom stereocenters. The van der Waals surface area contributed by atoms with E-state index >= 15 is 0 Å². The van der Waals surface area contributed by atoms with Crippen LogP contribution >= 0.6 is 0 Å². The molecule has 0 spiro atoms. The summed E-state index contributed by atoms with van der Waals surface area (Å²) in [4.78, 5) is 2.51. The largest absolute Gasteiger partial charge is 0.396 e. The van der Waals surface area contributed by atoms with Crippen LogP contribution < -0.4 is 5.73 Å². The van der Waals surface area contributed by atoms with Crippen molar-refractivity contribution in [2.45, 2.75) is 64.1 Å². The molecule has 3 N–H and O–H groups in total. The van der Waals surface area contributed by atoms with Crippen LogP contribution in [-0.2, 0) is 0 Å². The Morgan fingerprint density at radius 1 is 1.40 bits per heavy atom. The van der Waals surface area contributed by atoms with E-state index in [1.165, 1.54) is 19.3 Å². The maximum Gasteiger partial charge on any atom is 0.0443 e. The van der Waals surface area contributed by atoms with Crippen molar-refractivity contribution in [3.05, 3.63) is 0 Å². The van der Waals surface area contributed by atoms with Crippen LogP contribution in [0.2, 0.25) is 0 Å². The highest BCUT2D eigenvalue weighted by atomic mass is 16.3. The van der Waals surface area contributed by atoms with Crippen LogP contribution in [0.1, 0.15) is 46.0 Å². The van der Waals surface area contributed by atoms with Gasteiger partial charge in [-0.15, -0.1) is 0 Å². The molecule has 0 bridgehead atoms. The molecule has 1 aliphatic carbocycles. The van der Waals surface area contributed by atoms with Crippen LogP contribution in [0.15, 0.2) is 0 Å². The Kier molecular flexibility index (Phi) is 5.58. The first kappa shape index (κ1) is 12.9. The lowest BCUT2D eigenvalue weighted by Crippen LogP contribution is -2.46. The first-order chi connectivity index (χ1) is 7.15. The fourth-order valence-electron chi connectivity index (χ4n) is 2.62. The van der Waals surface area contributed by atoms with Crippen LogP contribution in [0, 0.1) is 0 Å². The summed E-state index contributed by atoms with van der Waals surface area (Å²) < 4.78 is 0. The van der Waals surface area contributed by atoms with Crippen molar-refractivity contribution in [3.63, 3.8) is 0 Å². The first-order valence-corrected chi connectivity index (χ1v) is 6.27. The second-order valence-corrected chi connectivity index (χ2v) is 4.99. The highest BCUT2D eigenvalue weighted by Gasteiger charge is 2.25. The molecule has 0 aromatic rings. The number of nitrogens with zero attached hydrogens (tertiary/aromatic N) is 1. The number of rotatable bonds is 5. The third kappa shape index (κ3) is 4.09. The van der Waals surface area contributed by atoms with E-state index in [0.717, 1.165) is 19.4 Å². The first-order valence-electron chi connectivity index (χ1n) is 6.27. The van der Waals surface area contributed by atoms with Crippen molar-refractivity contribution in [2.24, 2.45) is 5.73 Å². The minimum absolute atomic E-state index is 0.294. The molecule has 3 nitrogen and oxygen atoms in total. The van der Waals surface area contributed by atoms with Gasteiger partial charge in [0.25, 0.3) is 0 Å². The van der Waals surface area contributed by atoms with Gasteiger partial charge in [-0.1, -0.05) is 6.42 Å². The average molecular weight is 214 g/mol. The SMILES string of the molecule is CC(C)N(CCCO)C1CCCC(N)C1. The predicted octanol–water partition coefficient (Wildman–Crippen LogP) is 1.35. The zero-order valence-electron chi connectivity index (χ0n) is 10.2. The minimum Gasteiger partial charge on any atom is -0.396 e. The summed E-state index contributed by atoms with van der Waals surface area (Å²) in [6, 6.07) is 1.59. The molecule has 0 saturated heterocycles. The molecular weight excluding hydrogens is 188 g/mol. The molecule has 3 heteroatoms. The van der Waals surface area contributed by atoms with Gasteiger partial charge in [-0.3, -0.25) is 4.90 Å².